The second-order valence-electron chi connectivity index (χ2n) is 8.29. The number of hydrogen-bond donors (Lipinski definition) is 2. The van der Waals surface area contributed by atoms with Crippen LogP contribution in [-0.2, 0) is 22.4 Å². The van der Waals surface area contributed by atoms with Gasteiger partial charge in [-0.25, -0.2) is 9.48 Å². The SMILES string of the molecule is COc1ccc(CC(OC(C)C)C(=O)O)cc1CCNC(=O)c1cc(C)n(-c2ccccc2)n1. The summed E-state index contributed by atoms with van der Waals surface area (Å²) in [5.74, 6) is -0.577. The highest BCUT2D eigenvalue weighted by atomic mass is 16.5. The summed E-state index contributed by atoms with van der Waals surface area (Å²) < 4.78 is 12.7. The number of ether oxygens (including phenoxy) is 2. The van der Waals surface area contributed by atoms with Crippen LogP contribution in [0.5, 0.6) is 5.75 Å². The number of aliphatic carboxylic acids is 1. The maximum absolute atomic E-state index is 12.7. The van der Waals surface area contributed by atoms with Gasteiger partial charge in [0.05, 0.1) is 18.9 Å². The molecule has 8 nitrogen and oxygen atoms in total. The molecule has 0 spiro atoms. The Morgan fingerprint density at radius 1 is 1.12 bits per heavy atom. The molecule has 0 fully saturated rings. The number of carboxylic acids is 1. The first-order chi connectivity index (χ1) is 16.3. The largest absolute Gasteiger partial charge is 0.496 e. The normalized spacial score (nSPS) is 11.9. The molecule has 180 valence electrons. The van der Waals surface area contributed by atoms with Gasteiger partial charge in [-0.2, -0.15) is 5.10 Å². The van der Waals surface area contributed by atoms with Crippen LogP contribution in [0.15, 0.2) is 54.6 Å². The second-order valence-corrected chi connectivity index (χ2v) is 8.29. The van der Waals surface area contributed by atoms with Crippen molar-refractivity contribution in [1.82, 2.24) is 15.1 Å². The maximum atomic E-state index is 12.7. The van der Waals surface area contributed by atoms with Crippen molar-refractivity contribution < 1.29 is 24.2 Å². The van der Waals surface area contributed by atoms with E-state index in [1.165, 1.54) is 0 Å². The van der Waals surface area contributed by atoms with Gasteiger partial charge >= 0.3 is 5.97 Å². The summed E-state index contributed by atoms with van der Waals surface area (Å²) in [4.78, 5) is 24.2. The van der Waals surface area contributed by atoms with Crippen LogP contribution < -0.4 is 10.1 Å². The number of carbonyl (C=O) groups is 2. The van der Waals surface area contributed by atoms with Crippen molar-refractivity contribution in [2.24, 2.45) is 0 Å². The molecule has 0 aliphatic rings. The minimum Gasteiger partial charge on any atom is -0.496 e. The van der Waals surface area contributed by atoms with Crippen LogP contribution in [-0.4, -0.2) is 52.6 Å². The molecule has 1 heterocycles. The predicted octanol–water partition coefficient (Wildman–Crippen LogP) is 3.58. The van der Waals surface area contributed by atoms with E-state index < -0.39 is 12.1 Å². The molecule has 1 unspecified atom stereocenters. The Hall–Kier alpha value is -3.65. The van der Waals surface area contributed by atoms with E-state index in [0.29, 0.717) is 24.4 Å². The third-order valence-electron chi connectivity index (χ3n) is 5.28. The first kappa shape index (κ1) is 25.0. The summed E-state index contributed by atoms with van der Waals surface area (Å²) in [5.41, 5.74) is 3.80. The fraction of sp³-hybridized carbons (Fsp3) is 0.346. The Balaban J connectivity index is 1.65. The van der Waals surface area contributed by atoms with Gasteiger partial charge in [-0.3, -0.25) is 4.79 Å². The number of nitrogens with zero attached hydrogens (tertiary/aromatic N) is 2. The van der Waals surface area contributed by atoms with Crippen molar-refractivity contribution in [3.8, 4) is 11.4 Å². The zero-order chi connectivity index (χ0) is 24.7. The van der Waals surface area contributed by atoms with Gasteiger partial charge in [-0.05, 0) is 62.6 Å². The first-order valence-corrected chi connectivity index (χ1v) is 11.2. The van der Waals surface area contributed by atoms with E-state index in [2.05, 4.69) is 10.4 Å². The molecule has 0 saturated heterocycles. The predicted molar refractivity (Wildman–Crippen MR) is 129 cm³/mol. The molecule has 34 heavy (non-hydrogen) atoms. The lowest BCUT2D eigenvalue weighted by molar-refractivity contribution is -0.153. The van der Waals surface area contributed by atoms with Gasteiger partial charge in [0.25, 0.3) is 5.91 Å². The van der Waals surface area contributed by atoms with Gasteiger partial charge in [0, 0.05) is 18.7 Å². The summed E-state index contributed by atoms with van der Waals surface area (Å²) in [6.07, 6.45) is -0.358. The summed E-state index contributed by atoms with van der Waals surface area (Å²) in [5, 5.41) is 16.8. The van der Waals surface area contributed by atoms with Gasteiger partial charge in [0.2, 0.25) is 0 Å². The maximum Gasteiger partial charge on any atom is 0.333 e. The van der Waals surface area contributed by atoms with E-state index in [1.54, 1.807) is 17.9 Å². The smallest absolute Gasteiger partial charge is 0.333 e. The third-order valence-corrected chi connectivity index (χ3v) is 5.28. The molecule has 8 heteroatoms. The van der Waals surface area contributed by atoms with Crippen LogP contribution in [0.1, 0.15) is 41.2 Å². The lowest BCUT2D eigenvalue weighted by Gasteiger charge is -2.17. The minimum atomic E-state index is -0.997. The molecule has 0 saturated carbocycles. The summed E-state index contributed by atoms with van der Waals surface area (Å²) >= 11 is 0. The molecule has 1 atom stereocenters. The topological polar surface area (TPSA) is 103 Å². The number of aryl methyl sites for hydroxylation is 1. The number of para-hydroxylation sites is 1. The average Bonchev–Trinajstić information content (AvgIpc) is 3.20. The Kier molecular flexibility index (Phi) is 8.43. The van der Waals surface area contributed by atoms with Gasteiger partial charge < -0.3 is 19.9 Å². The average molecular weight is 466 g/mol. The molecule has 1 amide bonds. The van der Waals surface area contributed by atoms with Gasteiger partial charge in [-0.15, -0.1) is 0 Å². The highest BCUT2D eigenvalue weighted by molar-refractivity contribution is 5.92. The standard InChI is InChI=1S/C26H31N3O5/c1-17(2)34-24(26(31)32)16-19-10-11-23(33-4)20(15-19)12-13-27-25(30)22-14-18(3)29(28-22)21-8-6-5-7-9-21/h5-11,14-15,17,24H,12-13,16H2,1-4H3,(H,27,30)(H,31,32). The number of rotatable bonds is 11. The Morgan fingerprint density at radius 3 is 2.50 bits per heavy atom. The van der Waals surface area contributed by atoms with Crippen LogP contribution in [0.2, 0.25) is 0 Å². The van der Waals surface area contributed by atoms with E-state index >= 15 is 0 Å². The zero-order valence-electron chi connectivity index (χ0n) is 19.9. The monoisotopic (exact) mass is 465 g/mol. The van der Waals surface area contributed by atoms with Crippen molar-refractivity contribution in [3.63, 3.8) is 0 Å². The van der Waals surface area contributed by atoms with Crippen LogP contribution in [0.25, 0.3) is 5.69 Å². The number of amides is 1. The zero-order valence-corrected chi connectivity index (χ0v) is 19.9. The lowest BCUT2D eigenvalue weighted by Crippen LogP contribution is -2.29. The van der Waals surface area contributed by atoms with E-state index in [0.717, 1.165) is 22.5 Å². The molecule has 1 aromatic heterocycles. The molecule has 2 aromatic carbocycles. The molecule has 0 aliphatic carbocycles. The molecular weight excluding hydrogens is 434 g/mol. The molecule has 0 bridgehead atoms. The van der Waals surface area contributed by atoms with E-state index in [4.69, 9.17) is 9.47 Å². The van der Waals surface area contributed by atoms with E-state index in [1.807, 2.05) is 69.3 Å². The Morgan fingerprint density at radius 2 is 1.85 bits per heavy atom. The minimum absolute atomic E-state index is 0.192. The highest BCUT2D eigenvalue weighted by Gasteiger charge is 2.21. The molecule has 0 aliphatic heterocycles. The van der Waals surface area contributed by atoms with Gasteiger partial charge in [0.1, 0.15) is 5.75 Å². The lowest BCUT2D eigenvalue weighted by atomic mass is 10.0. The van der Waals surface area contributed by atoms with Crippen molar-refractivity contribution in [1.29, 1.82) is 0 Å². The van der Waals surface area contributed by atoms with Crippen molar-refractivity contribution in [3.05, 3.63) is 77.1 Å². The summed E-state index contributed by atoms with van der Waals surface area (Å²) in [6.45, 7) is 5.90. The van der Waals surface area contributed by atoms with Crippen LogP contribution in [0.3, 0.4) is 0 Å². The number of carbonyl (C=O) groups excluding carboxylic acids is 1. The number of nitrogens with one attached hydrogen (secondary N) is 1. The molecule has 3 rings (SSSR count). The summed E-state index contributed by atoms with van der Waals surface area (Å²) in [6, 6.07) is 16.9. The van der Waals surface area contributed by atoms with E-state index in [9.17, 15) is 14.7 Å². The van der Waals surface area contributed by atoms with Gasteiger partial charge in [0.15, 0.2) is 11.8 Å². The summed E-state index contributed by atoms with van der Waals surface area (Å²) in [7, 11) is 1.58. The third kappa shape index (κ3) is 6.45. The molecular formula is C26H31N3O5. The number of hydrogen-bond acceptors (Lipinski definition) is 5. The number of aromatic nitrogens is 2. The molecule has 0 radical (unpaired) electrons. The highest BCUT2D eigenvalue weighted by Crippen LogP contribution is 2.22. The molecule has 2 N–H and O–H groups in total. The van der Waals surface area contributed by atoms with Crippen molar-refractivity contribution >= 4 is 11.9 Å². The second kappa shape index (κ2) is 11.5. The van der Waals surface area contributed by atoms with Crippen LogP contribution in [0.4, 0.5) is 0 Å². The fourth-order valence-corrected chi connectivity index (χ4v) is 3.71. The van der Waals surface area contributed by atoms with Crippen LogP contribution >= 0.6 is 0 Å². The van der Waals surface area contributed by atoms with Crippen molar-refractivity contribution in [2.45, 2.75) is 45.8 Å². The number of carboxylic acid groups (broad SMARTS) is 1. The molecule has 3 aromatic rings. The van der Waals surface area contributed by atoms with Gasteiger partial charge in [-0.1, -0.05) is 30.3 Å². The van der Waals surface area contributed by atoms with Crippen molar-refractivity contribution in [2.75, 3.05) is 13.7 Å². The number of benzene rings is 2. The number of methoxy groups -OCH3 is 1. The Labute approximate surface area is 199 Å². The first-order valence-electron chi connectivity index (χ1n) is 11.2. The fourth-order valence-electron chi connectivity index (χ4n) is 3.71. The van der Waals surface area contributed by atoms with E-state index in [-0.39, 0.29) is 18.4 Å². The quantitative estimate of drug-likeness (QED) is 0.449. The Bertz CT molecular complexity index is 1120. The van der Waals surface area contributed by atoms with Crippen LogP contribution in [0, 0.1) is 6.92 Å².